The van der Waals surface area contributed by atoms with E-state index in [-0.39, 0.29) is 0 Å². The van der Waals surface area contributed by atoms with E-state index in [0.717, 1.165) is 6.42 Å². The predicted octanol–water partition coefficient (Wildman–Crippen LogP) is 3.59. The van der Waals surface area contributed by atoms with Crippen LogP contribution in [0.3, 0.4) is 0 Å². The molecule has 0 amide bonds. The Balaban J connectivity index is 3.37. The minimum Gasteiger partial charge on any atom is -0.103 e. The molecule has 10 heavy (non-hydrogen) atoms. The smallest absolute Gasteiger partial charge is 0.0178 e. The van der Waals surface area contributed by atoms with Crippen LogP contribution in [-0.2, 0) is 0 Å². The molecule has 0 aliphatic rings. The summed E-state index contributed by atoms with van der Waals surface area (Å²) in [6.07, 6.45) is 6.87. The Morgan fingerprint density at radius 3 is 2.30 bits per heavy atom. The fraction of sp³-hybridized carbons (Fsp3) is 0.700. The highest BCUT2D eigenvalue weighted by atomic mass is 14.2. The summed E-state index contributed by atoms with van der Waals surface area (Å²) in [5.74, 6) is 0. The van der Waals surface area contributed by atoms with Crippen molar-refractivity contribution in [3.63, 3.8) is 0 Å². The molecule has 0 spiro atoms. The van der Waals surface area contributed by atoms with Crippen LogP contribution in [0.1, 0.15) is 39.5 Å². The Morgan fingerprint density at radius 1 is 1.30 bits per heavy atom. The first-order valence-electron chi connectivity index (χ1n) is 4.05. The third kappa shape index (κ3) is 4.60. The van der Waals surface area contributed by atoms with Crippen molar-refractivity contribution in [3.8, 4) is 0 Å². The maximum Gasteiger partial charge on any atom is -0.0178 e. The maximum atomic E-state index is 3.81. The second-order valence-corrected chi connectivity index (χ2v) is 3.50. The Kier molecular flexibility index (Phi) is 4.42. The van der Waals surface area contributed by atoms with Crippen LogP contribution in [0.4, 0.5) is 0 Å². The quantitative estimate of drug-likeness (QED) is 0.403. The van der Waals surface area contributed by atoms with E-state index in [9.17, 15) is 0 Å². The van der Waals surface area contributed by atoms with Gasteiger partial charge in [-0.25, -0.2) is 0 Å². The van der Waals surface area contributed by atoms with Gasteiger partial charge in [-0.15, -0.1) is 6.58 Å². The highest BCUT2D eigenvalue weighted by Gasteiger charge is 2.10. The molecule has 0 fully saturated rings. The van der Waals surface area contributed by atoms with Gasteiger partial charge < -0.3 is 0 Å². The maximum absolute atomic E-state index is 3.81. The molecule has 0 aromatic rings. The summed E-state index contributed by atoms with van der Waals surface area (Å²) in [4.78, 5) is 0. The Labute approximate surface area is 65.3 Å². The molecule has 0 saturated carbocycles. The molecule has 0 aromatic carbocycles. The van der Waals surface area contributed by atoms with E-state index < -0.39 is 0 Å². The van der Waals surface area contributed by atoms with Crippen molar-refractivity contribution >= 4 is 0 Å². The minimum absolute atomic E-state index is 0.329. The molecule has 0 N–H and O–H groups in total. The van der Waals surface area contributed by atoms with Crippen molar-refractivity contribution in [2.75, 3.05) is 0 Å². The summed E-state index contributed by atoms with van der Waals surface area (Å²) >= 11 is 0. The van der Waals surface area contributed by atoms with Gasteiger partial charge in [-0.2, -0.15) is 0 Å². The molecule has 0 atom stereocenters. The Bertz CT molecular complexity index is 90.2. The lowest BCUT2D eigenvalue weighted by Crippen LogP contribution is -2.05. The molecule has 0 saturated heterocycles. The third-order valence-electron chi connectivity index (χ3n) is 1.87. The highest BCUT2D eigenvalue weighted by molar-refractivity contribution is 4.86. The van der Waals surface area contributed by atoms with E-state index in [0.29, 0.717) is 5.41 Å². The van der Waals surface area contributed by atoms with Crippen LogP contribution in [0, 0.1) is 12.3 Å². The summed E-state index contributed by atoms with van der Waals surface area (Å²) in [5, 5.41) is 0. The standard InChI is InChI=1S/C10H19/c1-5-7-8-9-10(3,4)6-2/h6H,1-2,5,7-9H2,3-4H3. The van der Waals surface area contributed by atoms with Crippen LogP contribution in [0.2, 0.25) is 0 Å². The fourth-order valence-electron chi connectivity index (χ4n) is 0.859. The molecule has 0 nitrogen and oxygen atoms in total. The molecule has 0 unspecified atom stereocenters. The van der Waals surface area contributed by atoms with Crippen LogP contribution in [0.15, 0.2) is 12.7 Å². The van der Waals surface area contributed by atoms with Gasteiger partial charge in [0.2, 0.25) is 0 Å². The van der Waals surface area contributed by atoms with E-state index in [1.54, 1.807) is 0 Å². The molecule has 0 rings (SSSR count). The van der Waals surface area contributed by atoms with Crippen molar-refractivity contribution < 1.29 is 0 Å². The van der Waals surface area contributed by atoms with Crippen LogP contribution in [0.25, 0.3) is 0 Å². The molecular formula is C10H19. The fourth-order valence-corrected chi connectivity index (χ4v) is 0.859. The third-order valence-corrected chi connectivity index (χ3v) is 1.87. The van der Waals surface area contributed by atoms with Gasteiger partial charge in [0.15, 0.2) is 0 Å². The zero-order valence-corrected chi connectivity index (χ0v) is 7.32. The van der Waals surface area contributed by atoms with Gasteiger partial charge in [0.25, 0.3) is 0 Å². The van der Waals surface area contributed by atoms with Crippen molar-refractivity contribution in [1.29, 1.82) is 0 Å². The second-order valence-electron chi connectivity index (χ2n) is 3.50. The number of allylic oxidation sites excluding steroid dienone is 1. The van der Waals surface area contributed by atoms with Crippen molar-refractivity contribution in [2.45, 2.75) is 39.5 Å². The number of unbranched alkanes of at least 4 members (excludes halogenated alkanes) is 2. The first kappa shape index (κ1) is 9.74. The SMILES string of the molecule is [CH2]CCCCC(C)(C)C=C. The van der Waals surface area contributed by atoms with Gasteiger partial charge >= 0.3 is 0 Å². The zero-order chi connectivity index (χ0) is 8.04. The zero-order valence-electron chi connectivity index (χ0n) is 7.32. The van der Waals surface area contributed by atoms with Crippen LogP contribution in [-0.4, -0.2) is 0 Å². The first-order chi connectivity index (χ1) is 4.62. The van der Waals surface area contributed by atoms with E-state index in [1.165, 1.54) is 19.3 Å². The average Bonchev–Trinajstić information content (AvgIpc) is 1.89. The van der Waals surface area contributed by atoms with Crippen molar-refractivity contribution in [3.05, 3.63) is 19.6 Å². The van der Waals surface area contributed by atoms with Gasteiger partial charge in [0.1, 0.15) is 0 Å². The molecule has 1 radical (unpaired) electrons. The second kappa shape index (κ2) is 4.54. The van der Waals surface area contributed by atoms with E-state index in [4.69, 9.17) is 0 Å². The average molecular weight is 139 g/mol. The minimum atomic E-state index is 0.329. The molecule has 59 valence electrons. The normalized spacial score (nSPS) is 11.5. The molecule has 0 heterocycles. The lowest BCUT2D eigenvalue weighted by Gasteiger charge is -2.18. The molecule has 0 bridgehead atoms. The number of rotatable bonds is 5. The molecule has 0 aromatic heterocycles. The van der Waals surface area contributed by atoms with Gasteiger partial charge in [-0.3, -0.25) is 0 Å². The van der Waals surface area contributed by atoms with Crippen LogP contribution in [0.5, 0.6) is 0 Å². The lowest BCUT2D eigenvalue weighted by molar-refractivity contribution is 0.416. The van der Waals surface area contributed by atoms with E-state index in [2.05, 4.69) is 27.4 Å². The van der Waals surface area contributed by atoms with Gasteiger partial charge in [-0.1, -0.05) is 46.1 Å². The summed E-state index contributed by atoms with van der Waals surface area (Å²) < 4.78 is 0. The first-order valence-corrected chi connectivity index (χ1v) is 4.05. The number of hydrogen-bond donors (Lipinski definition) is 0. The number of hydrogen-bond acceptors (Lipinski definition) is 0. The highest BCUT2D eigenvalue weighted by Crippen LogP contribution is 2.24. The van der Waals surface area contributed by atoms with Gasteiger partial charge in [0.05, 0.1) is 0 Å². The largest absolute Gasteiger partial charge is 0.103 e. The van der Waals surface area contributed by atoms with Crippen LogP contribution < -0.4 is 0 Å². The summed E-state index contributed by atoms with van der Waals surface area (Å²) in [6.45, 7) is 12.1. The lowest BCUT2D eigenvalue weighted by atomic mass is 9.87. The van der Waals surface area contributed by atoms with Crippen LogP contribution >= 0.6 is 0 Å². The van der Waals surface area contributed by atoms with E-state index in [1.807, 2.05) is 6.08 Å². The topological polar surface area (TPSA) is 0 Å². The predicted molar refractivity (Wildman–Crippen MR) is 47.8 cm³/mol. The molecule has 0 aliphatic carbocycles. The monoisotopic (exact) mass is 139 g/mol. The van der Waals surface area contributed by atoms with Crippen molar-refractivity contribution in [1.82, 2.24) is 0 Å². The molecular weight excluding hydrogens is 120 g/mol. The van der Waals surface area contributed by atoms with Crippen molar-refractivity contribution in [2.24, 2.45) is 5.41 Å². The Morgan fingerprint density at radius 2 is 1.90 bits per heavy atom. The summed E-state index contributed by atoms with van der Waals surface area (Å²) in [6, 6.07) is 0. The Hall–Kier alpha value is -0.260. The summed E-state index contributed by atoms with van der Waals surface area (Å²) in [5.41, 5.74) is 0.329. The molecule has 0 aliphatic heterocycles. The molecule has 0 heteroatoms. The van der Waals surface area contributed by atoms with E-state index >= 15 is 0 Å². The van der Waals surface area contributed by atoms with Gasteiger partial charge in [-0.05, 0) is 11.8 Å². The summed E-state index contributed by atoms with van der Waals surface area (Å²) in [7, 11) is 0. The van der Waals surface area contributed by atoms with Gasteiger partial charge in [0, 0.05) is 0 Å².